The van der Waals surface area contributed by atoms with Gasteiger partial charge in [-0.1, -0.05) is 0 Å². The van der Waals surface area contributed by atoms with Crippen molar-refractivity contribution >= 4 is 5.90 Å². The molecule has 1 rings (SSSR count). The summed E-state index contributed by atoms with van der Waals surface area (Å²) in [5.74, 6) is -0.278. The van der Waals surface area contributed by atoms with Crippen LogP contribution in [0.2, 0.25) is 0 Å². The Balaban J connectivity index is 3.08. The molecular weight excluding hydrogens is 158 g/mol. The van der Waals surface area contributed by atoms with E-state index in [0.29, 0.717) is 5.56 Å². The first kappa shape index (κ1) is 8.39. The molecule has 0 aromatic heterocycles. The first-order chi connectivity index (χ1) is 5.63. The van der Waals surface area contributed by atoms with Gasteiger partial charge in [-0.25, -0.2) is 0 Å². The second-order valence-corrected chi connectivity index (χ2v) is 2.27. The molecule has 0 radical (unpaired) electrons. The number of phenols is 2. The Bertz CT molecular complexity index is 289. The number of methoxy groups -OCH3 is 1. The van der Waals surface area contributed by atoms with E-state index in [2.05, 4.69) is 4.74 Å². The van der Waals surface area contributed by atoms with Gasteiger partial charge in [0.15, 0.2) is 0 Å². The van der Waals surface area contributed by atoms with Crippen LogP contribution in [0.4, 0.5) is 0 Å². The third kappa shape index (κ3) is 1.66. The van der Waals surface area contributed by atoms with Gasteiger partial charge in [0.05, 0.1) is 7.11 Å². The van der Waals surface area contributed by atoms with Gasteiger partial charge in [0.25, 0.3) is 0 Å². The molecule has 0 bridgehead atoms. The van der Waals surface area contributed by atoms with Crippen LogP contribution in [0.3, 0.4) is 0 Å². The SMILES string of the molecule is COC(=N)c1cc(O)cc(O)c1. The highest BCUT2D eigenvalue weighted by atomic mass is 16.5. The molecule has 0 spiro atoms. The number of hydrogen-bond acceptors (Lipinski definition) is 4. The second kappa shape index (κ2) is 3.13. The van der Waals surface area contributed by atoms with Crippen LogP contribution in [0.15, 0.2) is 18.2 Å². The zero-order chi connectivity index (χ0) is 9.14. The lowest BCUT2D eigenvalue weighted by Crippen LogP contribution is -2.00. The summed E-state index contributed by atoms with van der Waals surface area (Å²) in [6, 6.07) is 3.86. The number of ether oxygens (including phenoxy) is 1. The number of phenolic OH excluding ortho intramolecular Hbond substituents is 2. The molecule has 0 atom stereocenters. The molecule has 0 aliphatic carbocycles. The smallest absolute Gasteiger partial charge is 0.213 e. The second-order valence-electron chi connectivity index (χ2n) is 2.27. The summed E-state index contributed by atoms with van der Waals surface area (Å²) < 4.78 is 4.61. The molecule has 4 heteroatoms. The highest BCUT2D eigenvalue weighted by molar-refractivity contribution is 5.92. The monoisotopic (exact) mass is 167 g/mol. The van der Waals surface area contributed by atoms with E-state index in [9.17, 15) is 0 Å². The Morgan fingerprint density at radius 1 is 1.25 bits per heavy atom. The molecule has 0 fully saturated rings. The van der Waals surface area contributed by atoms with E-state index in [1.807, 2.05) is 0 Å². The standard InChI is InChI=1S/C8H9NO3/c1-12-8(9)5-2-6(10)4-7(11)3-5/h2-4,9-11H,1H3. The van der Waals surface area contributed by atoms with Crippen LogP contribution in [0, 0.1) is 5.41 Å². The quantitative estimate of drug-likeness (QED) is 0.432. The van der Waals surface area contributed by atoms with Gasteiger partial charge in [-0.05, 0) is 12.1 Å². The van der Waals surface area contributed by atoms with E-state index in [-0.39, 0.29) is 17.4 Å². The molecule has 0 saturated heterocycles. The molecule has 1 aromatic carbocycles. The third-order valence-corrected chi connectivity index (χ3v) is 1.37. The summed E-state index contributed by atoms with van der Waals surface area (Å²) in [5.41, 5.74) is 0.343. The average molecular weight is 167 g/mol. The molecule has 12 heavy (non-hydrogen) atoms. The minimum absolute atomic E-state index is 0.0909. The number of benzene rings is 1. The van der Waals surface area contributed by atoms with Gasteiger partial charge in [0.1, 0.15) is 11.5 Å². The lowest BCUT2D eigenvalue weighted by Gasteiger charge is -2.03. The molecule has 0 aliphatic rings. The molecule has 0 heterocycles. The van der Waals surface area contributed by atoms with Gasteiger partial charge in [0, 0.05) is 11.6 Å². The molecule has 64 valence electrons. The highest BCUT2D eigenvalue weighted by Crippen LogP contribution is 2.20. The summed E-state index contributed by atoms with van der Waals surface area (Å²) in [5, 5.41) is 25.3. The van der Waals surface area contributed by atoms with Crippen molar-refractivity contribution in [2.24, 2.45) is 0 Å². The minimum atomic E-state index is -0.0961. The Morgan fingerprint density at radius 2 is 1.75 bits per heavy atom. The van der Waals surface area contributed by atoms with E-state index in [4.69, 9.17) is 15.6 Å². The van der Waals surface area contributed by atoms with Crippen LogP contribution in [-0.4, -0.2) is 23.2 Å². The lowest BCUT2D eigenvalue weighted by molar-refractivity contribution is 0.399. The fraction of sp³-hybridized carbons (Fsp3) is 0.125. The largest absolute Gasteiger partial charge is 0.508 e. The number of rotatable bonds is 1. The summed E-state index contributed by atoms with van der Waals surface area (Å²) in [4.78, 5) is 0. The van der Waals surface area contributed by atoms with Gasteiger partial charge < -0.3 is 14.9 Å². The number of nitrogens with one attached hydrogen (secondary N) is 1. The number of hydrogen-bond donors (Lipinski definition) is 3. The van der Waals surface area contributed by atoms with Crippen molar-refractivity contribution in [3.8, 4) is 11.5 Å². The zero-order valence-corrected chi connectivity index (χ0v) is 6.53. The van der Waals surface area contributed by atoms with E-state index in [1.54, 1.807) is 0 Å². The molecule has 0 aliphatic heterocycles. The predicted octanol–water partition coefficient (Wildman–Crippen LogP) is 1.07. The van der Waals surface area contributed by atoms with Gasteiger partial charge in [-0.3, -0.25) is 5.41 Å². The summed E-state index contributed by atoms with van der Waals surface area (Å²) in [6.07, 6.45) is 0. The van der Waals surface area contributed by atoms with Crippen molar-refractivity contribution in [1.82, 2.24) is 0 Å². The fourth-order valence-corrected chi connectivity index (χ4v) is 0.844. The Kier molecular flexibility index (Phi) is 2.19. The first-order valence-electron chi connectivity index (χ1n) is 3.29. The maximum Gasteiger partial charge on any atom is 0.213 e. The first-order valence-corrected chi connectivity index (χ1v) is 3.29. The topological polar surface area (TPSA) is 73.5 Å². The van der Waals surface area contributed by atoms with Crippen molar-refractivity contribution in [3.05, 3.63) is 23.8 Å². The van der Waals surface area contributed by atoms with Crippen LogP contribution in [0.25, 0.3) is 0 Å². The van der Waals surface area contributed by atoms with Gasteiger partial charge in [-0.2, -0.15) is 0 Å². The van der Waals surface area contributed by atoms with E-state index >= 15 is 0 Å². The normalized spacial score (nSPS) is 9.42. The molecule has 0 saturated carbocycles. The molecule has 4 nitrogen and oxygen atoms in total. The number of aromatic hydroxyl groups is 2. The zero-order valence-electron chi connectivity index (χ0n) is 6.53. The third-order valence-electron chi connectivity index (χ3n) is 1.37. The van der Waals surface area contributed by atoms with Crippen LogP contribution in [0.5, 0.6) is 11.5 Å². The van der Waals surface area contributed by atoms with Crippen molar-refractivity contribution < 1.29 is 14.9 Å². The molecular formula is C8H9NO3. The fourth-order valence-electron chi connectivity index (χ4n) is 0.844. The van der Waals surface area contributed by atoms with Crippen LogP contribution in [0.1, 0.15) is 5.56 Å². The maximum atomic E-state index is 9.03. The highest BCUT2D eigenvalue weighted by Gasteiger charge is 2.03. The molecule has 3 N–H and O–H groups in total. The van der Waals surface area contributed by atoms with Gasteiger partial charge >= 0.3 is 0 Å². The van der Waals surface area contributed by atoms with Gasteiger partial charge in [0.2, 0.25) is 5.90 Å². The molecule has 1 aromatic rings. The average Bonchev–Trinajstić information content (AvgIpc) is 2.01. The van der Waals surface area contributed by atoms with E-state index < -0.39 is 0 Å². The van der Waals surface area contributed by atoms with E-state index in [1.165, 1.54) is 25.3 Å². The maximum absolute atomic E-state index is 9.03. The van der Waals surface area contributed by atoms with Crippen LogP contribution >= 0.6 is 0 Å². The van der Waals surface area contributed by atoms with Crippen molar-refractivity contribution in [2.45, 2.75) is 0 Å². The van der Waals surface area contributed by atoms with E-state index in [0.717, 1.165) is 0 Å². The Labute approximate surface area is 69.5 Å². The summed E-state index contributed by atoms with van der Waals surface area (Å²) in [6.45, 7) is 0. The van der Waals surface area contributed by atoms with Crippen LogP contribution < -0.4 is 0 Å². The van der Waals surface area contributed by atoms with Crippen LogP contribution in [-0.2, 0) is 4.74 Å². The van der Waals surface area contributed by atoms with Crippen molar-refractivity contribution in [2.75, 3.05) is 7.11 Å². The molecule has 0 unspecified atom stereocenters. The summed E-state index contributed by atoms with van der Waals surface area (Å²) in [7, 11) is 1.35. The Morgan fingerprint density at radius 3 is 2.17 bits per heavy atom. The van der Waals surface area contributed by atoms with Gasteiger partial charge in [-0.15, -0.1) is 0 Å². The lowest BCUT2D eigenvalue weighted by atomic mass is 10.2. The predicted molar refractivity (Wildman–Crippen MR) is 43.6 cm³/mol. The van der Waals surface area contributed by atoms with Crippen molar-refractivity contribution in [1.29, 1.82) is 5.41 Å². The molecule has 0 amide bonds. The minimum Gasteiger partial charge on any atom is -0.508 e. The summed E-state index contributed by atoms with van der Waals surface area (Å²) >= 11 is 0. The Hall–Kier alpha value is -1.71. The van der Waals surface area contributed by atoms with Crippen molar-refractivity contribution in [3.63, 3.8) is 0 Å².